The zero-order valence-corrected chi connectivity index (χ0v) is 16.6. The number of nitrogens with zero attached hydrogens (tertiary/aromatic N) is 1. The number of rotatable bonds is 5. The van der Waals surface area contributed by atoms with Gasteiger partial charge in [-0.2, -0.15) is 4.31 Å². The Morgan fingerprint density at radius 1 is 1.11 bits per heavy atom. The fourth-order valence-electron chi connectivity index (χ4n) is 3.12. The smallest absolute Gasteiger partial charge is 0.243 e. The van der Waals surface area contributed by atoms with Crippen molar-refractivity contribution in [3.63, 3.8) is 0 Å². The van der Waals surface area contributed by atoms with Crippen LogP contribution in [0.15, 0.2) is 47.4 Å². The van der Waals surface area contributed by atoms with Crippen LogP contribution in [0.5, 0.6) is 11.5 Å². The summed E-state index contributed by atoms with van der Waals surface area (Å²) >= 11 is 0. The molecule has 0 aliphatic carbocycles. The van der Waals surface area contributed by atoms with Gasteiger partial charge in [0.15, 0.2) is 11.6 Å². The normalized spacial score (nSPS) is 17.8. The molecule has 2 aromatic rings. The fraction of sp³-hybridized carbons (Fsp3) is 0.333. The standard InChI is InChI=1S/C18H21FN2O4S.ClH/c1-24-17-6-4-3-5-14(17)16-12-20-9-10-21(16)26(22,23)13-7-8-15(19)18(11-13)25-2;/h3-8,11,16,20H,9-10,12H2,1-2H3;1H. The highest BCUT2D eigenvalue weighted by Gasteiger charge is 2.36. The molecule has 0 aromatic heterocycles. The molecule has 148 valence electrons. The second-order valence-electron chi connectivity index (χ2n) is 5.87. The van der Waals surface area contributed by atoms with Crippen LogP contribution in [0.1, 0.15) is 11.6 Å². The number of sulfonamides is 1. The molecule has 27 heavy (non-hydrogen) atoms. The summed E-state index contributed by atoms with van der Waals surface area (Å²) < 4.78 is 51.9. The molecule has 3 rings (SSSR count). The highest BCUT2D eigenvalue weighted by molar-refractivity contribution is 7.89. The molecule has 1 aliphatic rings. The molecule has 0 saturated carbocycles. The summed E-state index contributed by atoms with van der Waals surface area (Å²) in [5.41, 5.74) is 0.778. The average molecular weight is 417 g/mol. The molecule has 0 spiro atoms. The van der Waals surface area contributed by atoms with Crippen molar-refractivity contribution in [3.8, 4) is 11.5 Å². The van der Waals surface area contributed by atoms with Gasteiger partial charge in [-0.3, -0.25) is 0 Å². The highest BCUT2D eigenvalue weighted by atomic mass is 35.5. The lowest BCUT2D eigenvalue weighted by Gasteiger charge is -2.36. The minimum absolute atomic E-state index is 0. The molecule has 1 heterocycles. The lowest BCUT2D eigenvalue weighted by Crippen LogP contribution is -2.48. The second-order valence-corrected chi connectivity index (χ2v) is 7.76. The molecule has 1 unspecified atom stereocenters. The monoisotopic (exact) mass is 416 g/mol. The number of halogens is 2. The third kappa shape index (κ3) is 4.19. The maximum atomic E-state index is 13.7. The summed E-state index contributed by atoms with van der Waals surface area (Å²) in [6.45, 7) is 1.28. The molecule has 6 nitrogen and oxygen atoms in total. The topological polar surface area (TPSA) is 67.9 Å². The molecular weight excluding hydrogens is 395 g/mol. The predicted octanol–water partition coefficient (Wildman–Crippen LogP) is 2.60. The van der Waals surface area contributed by atoms with E-state index in [1.807, 2.05) is 18.2 Å². The molecule has 0 radical (unpaired) electrons. The SMILES string of the molecule is COc1cc(S(=O)(=O)N2CCNCC2c2ccccc2OC)ccc1F.Cl. The molecule has 2 aromatic carbocycles. The maximum Gasteiger partial charge on any atom is 0.243 e. The van der Waals surface area contributed by atoms with Crippen molar-refractivity contribution in [2.24, 2.45) is 0 Å². The van der Waals surface area contributed by atoms with Gasteiger partial charge in [0.25, 0.3) is 0 Å². The van der Waals surface area contributed by atoms with Crippen LogP contribution in [0.2, 0.25) is 0 Å². The summed E-state index contributed by atoms with van der Waals surface area (Å²) in [7, 11) is -0.985. The van der Waals surface area contributed by atoms with Crippen LogP contribution in [0.3, 0.4) is 0 Å². The van der Waals surface area contributed by atoms with Gasteiger partial charge in [0.2, 0.25) is 10.0 Å². The number of methoxy groups -OCH3 is 2. The minimum atomic E-state index is -3.84. The lowest BCUT2D eigenvalue weighted by atomic mass is 10.0. The lowest BCUT2D eigenvalue weighted by molar-refractivity contribution is 0.264. The molecule has 0 bridgehead atoms. The van der Waals surface area contributed by atoms with E-state index in [9.17, 15) is 12.8 Å². The second kappa shape index (κ2) is 8.88. The number of hydrogen-bond donors (Lipinski definition) is 1. The van der Waals surface area contributed by atoms with Crippen LogP contribution in [0, 0.1) is 5.82 Å². The summed E-state index contributed by atoms with van der Waals surface area (Å²) in [5, 5.41) is 3.22. The van der Waals surface area contributed by atoms with Crippen molar-refractivity contribution in [2.45, 2.75) is 10.9 Å². The number of hydrogen-bond acceptors (Lipinski definition) is 5. The van der Waals surface area contributed by atoms with Crippen LogP contribution >= 0.6 is 12.4 Å². The van der Waals surface area contributed by atoms with E-state index >= 15 is 0 Å². The van der Waals surface area contributed by atoms with Crippen LogP contribution in [0.25, 0.3) is 0 Å². The molecule has 1 fully saturated rings. The first-order valence-electron chi connectivity index (χ1n) is 8.18. The molecular formula is C18H22ClFN2O4S. The van der Waals surface area contributed by atoms with E-state index in [0.29, 0.717) is 25.4 Å². The molecule has 9 heteroatoms. The Morgan fingerprint density at radius 2 is 1.81 bits per heavy atom. The largest absolute Gasteiger partial charge is 0.496 e. The quantitative estimate of drug-likeness (QED) is 0.811. The van der Waals surface area contributed by atoms with Gasteiger partial charge >= 0.3 is 0 Å². The van der Waals surface area contributed by atoms with Crippen molar-refractivity contribution in [1.29, 1.82) is 0 Å². The zero-order valence-electron chi connectivity index (χ0n) is 15.0. The molecule has 1 aliphatic heterocycles. The minimum Gasteiger partial charge on any atom is -0.496 e. The Kier molecular flexibility index (Phi) is 7.05. The Hall–Kier alpha value is -1.87. The van der Waals surface area contributed by atoms with Gasteiger partial charge < -0.3 is 14.8 Å². The van der Waals surface area contributed by atoms with E-state index in [4.69, 9.17) is 9.47 Å². The van der Waals surface area contributed by atoms with Gasteiger partial charge in [0.05, 0.1) is 25.2 Å². The predicted molar refractivity (Wildman–Crippen MR) is 103 cm³/mol. The van der Waals surface area contributed by atoms with Crippen LogP contribution < -0.4 is 14.8 Å². The van der Waals surface area contributed by atoms with E-state index < -0.39 is 21.9 Å². The number of piperazine rings is 1. The fourth-order valence-corrected chi connectivity index (χ4v) is 4.74. The van der Waals surface area contributed by atoms with E-state index in [-0.39, 0.29) is 23.1 Å². The van der Waals surface area contributed by atoms with E-state index in [1.165, 1.54) is 23.5 Å². The number of nitrogens with one attached hydrogen (secondary N) is 1. The third-order valence-electron chi connectivity index (χ3n) is 4.42. The van der Waals surface area contributed by atoms with Gasteiger partial charge in [0.1, 0.15) is 5.75 Å². The Balaban J connectivity index is 0.00000261. The number of ether oxygens (including phenoxy) is 2. The Labute approximate surface area is 164 Å². The summed E-state index contributed by atoms with van der Waals surface area (Å²) in [5.74, 6) is -0.0822. The number of benzene rings is 2. The van der Waals surface area contributed by atoms with Crippen molar-refractivity contribution < 1.29 is 22.3 Å². The summed E-state index contributed by atoms with van der Waals surface area (Å²) in [4.78, 5) is -0.00227. The van der Waals surface area contributed by atoms with Gasteiger partial charge in [-0.15, -0.1) is 12.4 Å². The van der Waals surface area contributed by atoms with E-state index in [0.717, 1.165) is 11.6 Å². The van der Waals surface area contributed by atoms with Crippen LogP contribution in [-0.2, 0) is 10.0 Å². The van der Waals surface area contributed by atoms with Gasteiger partial charge in [-0.25, -0.2) is 12.8 Å². The van der Waals surface area contributed by atoms with E-state index in [2.05, 4.69) is 5.32 Å². The average Bonchev–Trinajstić information content (AvgIpc) is 2.68. The Morgan fingerprint density at radius 3 is 2.52 bits per heavy atom. The zero-order chi connectivity index (χ0) is 18.7. The van der Waals surface area contributed by atoms with Crippen molar-refractivity contribution in [1.82, 2.24) is 9.62 Å². The van der Waals surface area contributed by atoms with E-state index in [1.54, 1.807) is 13.2 Å². The van der Waals surface area contributed by atoms with Crippen molar-refractivity contribution in [2.75, 3.05) is 33.9 Å². The first-order chi connectivity index (χ1) is 12.5. The first-order valence-corrected chi connectivity index (χ1v) is 9.62. The molecule has 1 N–H and O–H groups in total. The van der Waals surface area contributed by atoms with Gasteiger partial charge in [0, 0.05) is 31.3 Å². The van der Waals surface area contributed by atoms with Gasteiger partial charge in [-0.05, 0) is 18.2 Å². The van der Waals surface area contributed by atoms with Crippen LogP contribution in [-0.4, -0.2) is 46.6 Å². The summed E-state index contributed by atoms with van der Waals surface area (Å²) in [6, 6.07) is 10.5. The van der Waals surface area contributed by atoms with Crippen molar-refractivity contribution >= 4 is 22.4 Å². The molecule has 1 saturated heterocycles. The summed E-state index contributed by atoms with van der Waals surface area (Å²) in [6.07, 6.45) is 0. The molecule has 0 amide bonds. The number of para-hydroxylation sites is 1. The van der Waals surface area contributed by atoms with Crippen LogP contribution in [0.4, 0.5) is 4.39 Å². The highest BCUT2D eigenvalue weighted by Crippen LogP contribution is 2.34. The first kappa shape index (κ1) is 21.4. The maximum absolute atomic E-state index is 13.7. The Bertz CT molecular complexity index is 895. The van der Waals surface area contributed by atoms with Crippen molar-refractivity contribution in [3.05, 3.63) is 53.8 Å². The van der Waals surface area contributed by atoms with Gasteiger partial charge in [-0.1, -0.05) is 18.2 Å². The molecule has 1 atom stereocenters. The third-order valence-corrected chi connectivity index (χ3v) is 6.33.